The predicted octanol–water partition coefficient (Wildman–Crippen LogP) is 4.05. The van der Waals surface area contributed by atoms with Crippen molar-refractivity contribution < 1.29 is 0 Å². The highest BCUT2D eigenvalue weighted by atomic mass is 127. The van der Waals surface area contributed by atoms with Gasteiger partial charge in [0.05, 0.1) is 18.8 Å². The second-order valence-electron chi connectivity index (χ2n) is 6.25. The van der Waals surface area contributed by atoms with Crippen molar-refractivity contribution in [3.05, 3.63) is 53.2 Å². The molecule has 0 radical (unpaired) electrons. The zero-order valence-corrected chi connectivity index (χ0v) is 19.9. The maximum atomic E-state index is 4.74. The molecule has 2 aromatic rings. The van der Waals surface area contributed by atoms with E-state index in [1.165, 1.54) is 16.0 Å². The molecule has 0 bridgehead atoms. The lowest BCUT2D eigenvalue weighted by molar-refractivity contribution is 0.796. The highest BCUT2D eigenvalue weighted by Crippen LogP contribution is 2.22. The monoisotopic (exact) mass is 499 g/mol. The summed E-state index contributed by atoms with van der Waals surface area (Å²) in [6, 6.07) is 12.6. The van der Waals surface area contributed by atoms with Gasteiger partial charge in [-0.1, -0.05) is 18.2 Å². The van der Waals surface area contributed by atoms with Gasteiger partial charge < -0.3 is 15.5 Å². The molecule has 2 N–H and O–H groups in total. The number of pyridine rings is 1. The molecule has 0 unspecified atom stereocenters. The minimum atomic E-state index is 0. The number of thioether (sulfide) groups is 1. The molecular weight excluding hydrogens is 469 g/mol. The SMILES string of the molecule is CCNC(=NCc1ccc(C)cc1SC)NCc1cccc(N(C)C)n1.I. The molecule has 0 spiro atoms. The van der Waals surface area contributed by atoms with Crippen molar-refractivity contribution in [3.8, 4) is 0 Å². The van der Waals surface area contributed by atoms with Gasteiger partial charge in [0.15, 0.2) is 5.96 Å². The Balaban J connectivity index is 0.00000364. The van der Waals surface area contributed by atoms with E-state index in [1.807, 2.05) is 37.2 Å². The molecule has 0 atom stereocenters. The van der Waals surface area contributed by atoms with Crippen molar-refractivity contribution in [1.29, 1.82) is 0 Å². The van der Waals surface area contributed by atoms with Gasteiger partial charge in [0, 0.05) is 25.5 Å². The van der Waals surface area contributed by atoms with Crippen LogP contribution in [0.4, 0.5) is 5.82 Å². The van der Waals surface area contributed by atoms with Crippen molar-refractivity contribution in [3.63, 3.8) is 0 Å². The van der Waals surface area contributed by atoms with Crippen LogP contribution in [0.1, 0.15) is 23.7 Å². The van der Waals surface area contributed by atoms with Gasteiger partial charge >= 0.3 is 0 Å². The van der Waals surface area contributed by atoms with Crippen molar-refractivity contribution in [1.82, 2.24) is 15.6 Å². The number of aromatic nitrogens is 1. The van der Waals surface area contributed by atoms with Crippen LogP contribution in [-0.4, -0.2) is 37.8 Å². The Bertz CT molecular complexity index is 749. The summed E-state index contributed by atoms with van der Waals surface area (Å²) < 4.78 is 0. The van der Waals surface area contributed by atoms with E-state index in [0.717, 1.165) is 24.0 Å². The van der Waals surface area contributed by atoms with E-state index in [4.69, 9.17) is 4.99 Å². The van der Waals surface area contributed by atoms with E-state index in [0.29, 0.717) is 13.1 Å². The van der Waals surface area contributed by atoms with Crippen LogP contribution in [0.25, 0.3) is 0 Å². The van der Waals surface area contributed by atoms with Crippen LogP contribution in [0.5, 0.6) is 0 Å². The molecule has 0 saturated carbocycles. The van der Waals surface area contributed by atoms with Crippen LogP contribution in [0.15, 0.2) is 46.3 Å². The topological polar surface area (TPSA) is 52.6 Å². The van der Waals surface area contributed by atoms with Gasteiger partial charge in [-0.25, -0.2) is 9.98 Å². The molecule has 0 saturated heterocycles. The lowest BCUT2D eigenvalue weighted by atomic mass is 10.1. The number of aliphatic imine (C=N–C) groups is 1. The van der Waals surface area contributed by atoms with Crippen LogP contribution in [0.3, 0.4) is 0 Å². The maximum Gasteiger partial charge on any atom is 0.191 e. The molecule has 7 heteroatoms. The lowest BCUT2D eigenvalue weighted by Gasteiger charge is -2.14. The number of hydrogen-bond acceptors (Lipinski definition) is 4. The minimum absolute atomic E-state index is 0. The first kappa shape index (κ1) is 23.6. The Morgan fingerprint density at radius 3 is 2.63 bits per heavy atom. The molecule has 1 aromatic carbocycles. The second-order valence-corrected chi connectivity index (χ2v) is 7.09. The fraction of sp³-hybridized carbons (Fsp3) is 0.400. The number of anilines is 1. The van der Waals surface area contributed by atoms with E-state index in [-0.39, 0.29) is 24.0 Å². The van der Waals surface area contributed by atoms with Crippen molar-refractivity contribution in [2.45, 2.75) is 31.8 Å². The van der Waals surface area contributed by atoms with Gasteiger partial charge in [0.2, 0.25) is 0 Å². The number of benzene rings is 1. The average Bonchev–Trinajstić information content (AvgIpc) is 2.64. The van der Waals surface area contributed by atoms with E-state index >= 15 is 0 Å². The first-order valence-electron chi connectivity index (χ1n) is 8.82. The summed E-state index contributed by atoms with van der Waals surface area (Å²) in [6.07, 6.45) is 2.11. The zero-order valence-electron chi connectivity index (χ0n) is 16.7. The summed E-state index contributed by atoms with van der Waals surface area (Å²) in [6.45, 7) is 6.29. The third kappa shape index (κ3) is 7.57. The highest BCUT2D eigenvalue weighted by molar-refractivity contribution is 14.0. The normalized spacial score (nSPS) is 10.9. The van der Waals surface area contributed by atoms with Gasteiger partial charge in [-0.15, -0.1) is 35.7 Å². The fourth-order valence-corrected chi connectivity index (χ4v) is 3.18. The quantitative estimate of drug-likeness (QED) is 0.261. The molecule has 0 aliphatic heterocycles. The third-order valence-electron chi connectivity index (χ3n) is 3.88. The number of hydrogen-bond donors (Lipinski definition) is 2. The highest BCUT2D eigenvalue weighted by Gasteiger charge is 2.04. The van der Waals surface area contributed by atoms with Gasteiger partial charge in [0.25, 0.3) is 0 Å². The van der Waals surface area contributed by atoms with E-state index in [9.17, 15) is 0 Å². The van der Waals surface area contributed by atoms with E-state index in [1.54, 1.807) is 11.8 Å². The second kappa shape index (κ2) is 12.1. The summed E-state index contributed by atoms with van der Waals surface area (Å²) in [5, 5.41) is 6.68. The fourth-order valence-electron chi connectivity index (χ4n) is 2.48. The number of rotatable bonds is 7. The Morgan fingerprint density at radius 1 is 1.19 bits per heavy atom. The molecule has 5 nitrogen and oxygen atoms in total. The number of nitrogens with one attached hydrogen (secondary N) is 2. The van der Waals surface area contributed by atoms with Crippen LogP contribution < -0.4 is 15.5 Å². The number of guanidine groups is 1. The molecule has 2 rings (SSSR count). The Labute approximate surface area is 184 Å². The molecule has 27 heavy (non-hydrogen) atoms. The predicted molar refractivity (Wildman–Crippen MR) is 129 cm³/mol. The molecule has 0 fully saturated rings. The largest absolute Gasteiger partial charge is 0.363 e. The van der Waals surface area contributed by atoms with E-state index < -0.39 is 0 Å². The Kier molecular flexibility index (Phi) is 10.5. The van der Waals surface area contributed by atoms with Crippen molar-refractivity contribution in [2.75, 3.05) is 31.8 Å². The molecule has 0 aliphatic rings. The average molecular weight is 499 g/mol. The Hall–Kier alpha value is -1.48. The zero-order chi connectivity index (χ0) is 18.9. The molecule has 0 amide bonds. The summed E-state index contributed by atoms with van der Waals surface area (Å²) in [4.78, 5) is 12.7. The lowest BCUT2D eigenvalue weighted by Crippen LogP contribution is -2.37. The van der Waals surface area contributed by atoms with Gasteiger partial charge in [0.1, 0.15) is 5.82 Å². The molecule has 148 valence electrons. The first-order chi connectivity index (χ1) is 12.5. The molecule has 1 heterocycles. The maximum absolute atomic E-state index is 4.74. The summed E-state index contributed by atoms with van der Waals surface area (Å²) in [7, 11) is 3.99. The smallest absolute Gasteiger partial charge is 0.191 e. The molecule has 1 aromatic heterocycles. The number of nitrogens with zero attached hydrogens (tertiary/aromatic N) is 3. The summed E-state index contributed by atoms with van der Waals surface area (Å²) >= 11 is 1.76. The van der Waals surface area contributed by atoms with Crippen molar-refractivity contribution in [2.24, 2.45) is 4.99 Å². The first-order valence-corrected chi connectivity index (χ1v) is 10.0. The van der Waals surface area contributed by atoms with Gasteiger partial charge in [-0.2, -0.15) is 0 Å². The van der Waals surface area contributed by atoms with Crippen LogP contribution >= 0.6 is 35.7 Å². The van der Waals surface area contributed by atoms with Crippen LogP contribution in [0.2, 0.25) is 0 Å². The van der Waals surface area contributed by atoms with Gasteiger partial charge in [-0.3, -0.25) is 0 Å². The van der Waals surface area contributed by atoms with Crippen LogP contribution in [-0.2, 0) is 13.1 Å². The molecular formula is C20H30IN5S. The van der Waals surface area contributed by atoms with E-state index in [2.05, 4.69) is 53.9 Å². The Morgan fingerprint density at radius 2 is 1.96 bits per heavy atom. The summed E-state index contributed by atoms with van der Waals surface area (Å²) in [5.74, 6) is 1.76. The van der Waals surface area contributed by atoms with Crippen LogP contribution in [0, 0.1) is 6.92 Å². The van der Waals surface area contributed by atoms with Crippen molar-refractivity contribution >= 4 is 47.5 Å². The number of halogens is 1. The standard InChI is InChI=1S/C20H29N5S.HI/c1-6-21-20(22-13-16-11-10-15(2)12-18(16)26-5)23-14-17-8-7-9-19(24-17)25(3)4;/h7-12H,6,13-14H2,1-5H3,(H2,21,22,23);1H. The summed E-state index contributed by atoms with van der Waals surface area (Å²) in [5.41, 5.74) is 3.51. The third-order valence-corrected chi connectivity index (χ3v) is 4.70. The molecule has 0 aliphatic carbocycles. The van der Waals surface area contributed by atoms with Gasteiger partial charge in [-0.05, 0) is 49.4 Å². The number of aryl methyl sites for hydroxylation is 1. The minimum Gasteiger partial charge on any atom is -0.363 e.